The molecule has 0 radical (unpaired) electrons. The predicted octanol–water partition coefficient (Wildman–Crippen LogP) is 0.773. The number of rotatable bonds is 5. The van der Waals surface area contributed by atoms with Gasteiger partial charge in [-0.05, 0) is 17.6 Å². The van der Waals surface area contributed by atoms with Gasteiger partial charge < -0.3 is 4.74 Å². The van der Waals surface area contributed by atoms with Crippen LogP contribution in [0.4, 0.5) is 0 Å². The number of aryl methyl sites for hydroxylation is 1. The van der Waals surface area contributed by atoms with Crippen molar-refractivity contribution in [3.8, 4) is 0 Å². The second-order valence-electron chi connectivity index (χ2n) is 5.04. The molecule has 17 heavy (non-hydrogen) atoms. The fraction of sp³-hybridized carbons (Fsp3) is 0.818. The molecule has 0 saturated heterocycles. The molecule has 6 heteroatoms. The van der Waals surface area contributed by atoms with Gasteiger partial charge in [0.1, 0.15) is 6.10 Å². The number of ether oxygens (including phenoxy) is 1. The molecule has 1 atom stereocenters. The van der Waals surface area contributed by atoms with E-state index in [-0.39, 0.29) is 17.6 Å². The Morgan fingerprint density at radius 3 is 2.53 bits per heavy atom. The Labute approximate surface area is 101 Å². The van der Waals surface area contributed by atoms with E-state index in [0.717, 1.165) is 0 Å². The summed E-state index contributed by atoms with van der Waals surface area (Å²) in [7, 11) is 1.67. The maximum absolute atomic E-state index is 12.1. The van der Waals surface area contributed by atoms with E-state index in [4.69, 9.17) is 4.74 Å². The first-order chi connectivity index (χ1) is 7.84. The Morgan fingerprint density at radius 2 is 2.12 bits per heavy atom. The van der Waals surface area contributed by atoms with Gasteiger partial charge in [0.25, 0.3) is 0 Å². The maximum Gasteiger partial charge on any atom is 0.182 e. The fourth-order valence-electron chi connectivity index (χ4n) is 1.64. The first-order valence-electron chi connectivity index (χ1n) is 5.71. The number of carbonyl (C=O) groups excluding carboxylic acids is 1. The summed E-state index contributed by atoms with van der Waals surface area (Å²) < 4.78 is 5.51. The van der Waals surface area contributed by atoms with Gasteiger partial charge in [-0.2, -0.15) is 4.80 Å². The molecule has 1 unspecified atom stereocenters. The molecule has 1 rings (SSSR count). The molecule has 0 fully saturated rings. The summed E-state index contributed by atoms with van der Waals surface area (Å²) in [5.41, 5.74) is -0.227. The van der Waals surface area contributed by atoms with Crippen molar-refractivity contribution in [3.63, 3.8) is 0 Å². The number of aromatic nitrogens is 4. The Morgan fingerprint density at radius 1 is 1.47 bits per heavy atom. The van der Waals surface area contributed by atoms with E-state index in [1.165, 1.54) is 4.80 Å². The van der Waals surface area contributed by atoms with E-state index in [1.54, 1.807) is 7.05 Å². The molecule has 1 heterocycles. The predicted molar refractivity (Wildman–Crippen MR) is 62.4 cm³/mol. The summed E-state index contributed by atoms with van der Waals surface area (Å²) in [6.07, 6.45) is -0.271. The topological polar surface area (TPSA) is 69.9 Å². The third kappa shape index (κ3) is 3.89. The molecule has 6 nitrogen and oxygen atoms in total. The second-order valence-corrected chi connectivity index (χ2v) is 5.04. The summed E-state index contributed by atoms with van der Waals surface area (Å²) in [6.45, 7) is 8.34. The highest BCUT2D eigenvalue weighted by atomic mass is 16.5. The van der Waals surface area contributed by atoms with Gasteiger partial charge in [-0.3, -0.25) is 4.79 Å². The third-order valence-electron chi connectivity index (χ3n) is 2.29. The number of Topliss-reactive ketones (excluding diaryl/α,β-unsaturated/α-hetero) is 1. The Kier molecular flexibility index (Phi) is 4.34. The standard InChI is InChI=1S/C11H20N4O2/c1-6-17-10(11(2,3)4)8(16)7-9-12-14-15(5)13-9/h10H,6-7H2,1-5H3. The van der Waals surface area contributed by atoms with Gasteiger partial charge in [-0.25, -0.2) is 0 Å². The lowest BCUT2D eigenvalue weighted by molar-refractivity contribution is -0.136. The highest BCUT2D eigenvalue weighted by Crippen LogP contribution is 2.23. The summed E-state index contributed by atoms with van der Waals surface area (Å²) in [5.74, 6) is 0.429. The van der Waals surface area contributed by atoms with Crippen LogP contribution in [0.15, 0.2) is 0 Å². The molecule has 0 bridgehead atoms. The molecular formula is C11H20N4O2. The summed E-state index contributed by atoms with van der Waals surface area (Å²) >= 11 is 0. The van der Waals surface area contributed by atoms with Crippen LogP contribution in [-0.4, -0.2) is 38.7 Å². The van der Waals surface area contributed by atoms with Gasteiger partial charge in [-0.1, -0.05) is 20.8 Å². The van der Waals surface area contributed by atoms with Crippen LogP contribution in [-0.2, 0) is 23.0 Å². The van der Waals surface area contributed by atoms with Crippen LogP contribution in [0.5, 0.6) is 0 Å². The lowest BCUT2D eigenvalue weighted by Gasteiger charge is -2.28. The van der Waals surface area contributed by atoms with Crippen molar-refractivity contribution in [1.82, 2.24) is 20.2 Å². The SMILES string of the molecule is CCOC(C(=O)Cc1nnn(C)n1)C(C)(C)C. The monoisotopic (exact) mass is 240 g/mol. The van der Waals surface area contributed by atoms with Crippen molar-refractivity contribution < 1.29 is 9.53 Å². The number of nitrogens with zero attached hydrogens (tertiary/aromatic N) is 4. The van der Waals surface area contributed by atoms with Crippen LogP contribution in [0.2, 0.25) is 0 Å². The molecule has 0 aromatic carbocycles. The lowest BCUT2D eigenvalue weighted by atomic mass is 9.85. The molecule has 0 aliphatic rings. The van der Waals surface area contributed by atoms with Crippen LogP contribution in [0.3, 0.4) is 0 Å². The number of tetrazole rings is 1. The fourth-order valence-corrected chi connectivity index (χ4v) is 1.64. The zero-order valence-corrected chi connectivity index (χ0v) is 11.1. The van der Waals surface area contributed by atoms with E-state index in [2.05, 4.69) is 15.4 Å². The first-order valence-corrected chi connectivity index (χ1v) is 5.71. The minimum Gasteiger partial charge on any atom is -0.370 e. The molecule has 0 aliphatic heterocycles. The highest BCUT2D eigenvalue weighted by Gasteiger charge is 2.32. The smallest absolute Gasteiger partial charge is 0.182 e. The zero-order chi connectivity index (χ0) is 13.1. The van der Waals surface area contributed by atoms with Gasteiger partial charge in [-0.15, -0.1) is 10.2 Å². The summed E-state index contributed by atoms with van der Waals surface area (Å²) in [6, 6.07) is 0. The quantitative estimate of drug-likeness (QED) is 0.760. The van der Waals surface area contributed by atoms with E-state index in [1.807, 2.05) is 27.7 Å². The van der Waals surface area contributed by atoms with Crippen LogP contribution in [0, 0.1) is 5.41 Å². The van der Waals surface area contributed by atoms with Gasteiger partial charge in [0.2, 0.25) is 0 Å². The van der Waals surface area contributed by atoms with Crippen LogP contribution in [0.1, 0.15) is 33.5 Å². The van der Waals surface area contributed by atoms with Gasteiger partial charge in [0.15, 0.2) is 11.6 Å². The molecular weight excluding hydrogens is 220 g/mol. The number of hydrogen-bond acceptors (Lipinski definition) is 5. The molecule has 96 valence electrons. The van der Waals surface area contributed by atoms with Crippen LogP contribution in [0.25, 0.3) is 0 Å². The largest absolute Gasteiger partial charge is 0.370 e. The normalized spacial score (nSPS) is 13.7. The Bertz CT molecular complexity index is 381. The number of carbonyl (C=O) groups is 1. The summed E-state index contributed by atoms with van der Waals surface area (Å²) in [4.78, 5) is 13.5. The van der Waals surface area contributed by atoms with E-state index in [9.17, 15) is 4.79 Å². The molecule has 0 amide bonds. The average Bonchev–Trinajstić information content (AvgIpc) is 2.58. The minimum atomic E-state index is -0.434. The van der Waals surface area contributed by atoms with Crippen molar-refractivity contribution >= 4 is 5.78 Å². The Balaban J connectivity index is 2.72. The van der Waals surface area contributed by atoms with Crippen LogP contribution >= 0.6 is 0 Å². The van der Waals surface area contributed by atoms with Crippen molar-refractivity contribution in [1.29, 1.82) is 0 Å². The molecule has 0 spiro atoms. The summed E-state index contributed by atoms with van der Waals surface area (Å²) in [5, 5.41) is 11.5. The minimum absolute atomic E-state index is 0.00708. The maximum atomic E-state index is 12.1. The zero-order valence-electron chi connectivity index (χ0n) is 11.1. The third-order valence-corrected chi connectivity index (χ3v) is 2.29. The molecule has 1 aromatic heterocycles. The van der Waals surface area contributed by atoms with Crippen molar-refractivity contribution in [3.05, 3.63) is 5.82 Å². The molecule has 0 saturated carbocycles. The Hall–Kier alpha value is -1.30. The van der Waals surface area contributed by atoms with Crippen molar-refractivity contribution in [2.24, 2.45) is 12.5 Å². The van der Waals surface area contributed by atoms with E-state index < -0.39 is 6.10 Å². The van der Waals surface area contributed by atoms with Gasteiger partial charge in [0.05, 0.1) is 13.5 Å². The second kappa shape index (κ2) is 5.35. The van der Waals surface area contributed by atoms with Crippen LogP contribution < -0.4 is 0 Å². The highest BCUT2D eigenvalue weighted by molar-refractivity contribution is 5.85. The molecule has 0 N–H and O–H groups in total. The van der Waals surface area contributed by atoms with Crippen molar-refractivity contribution in [2.45, 2.75) is 40.2 Å². The van der Waals surface area contributed by atoms with Gasteiger partial charge in [0, 0.05) is 6.61 Å². The van der Waals surface area contributed by atoms with Gasteiger partial charge >= 0.3 is 0 Å². The van der Waals surface area contributed by atoms with E-state index >= 15 is 0 Å². The van der Waals surface area contributed by atoms with Crippen molar-refractivity contribution in [2.75, 3.05) is 6.61 Å². The number of ketones is 1. The van der Waals surface area contributed by atoms with E-state index in [0.29, 0.717) is 12.4 Å². The molecule has 0 aliphatic carbocycles. The molecule has 1 aromatic rings. The first kappa shape index (κ1) is 13.8. The lowest BCUT2D eigenvalue weighted by Crippen LogP contribution is -2.38. The average molecular weight is 240 g/mol. The number of hydrogen-bond donors (Lipinski definition) is 0.